The van der Waals surface area contributed by atoms with E-state index in [1.807, 2.05) is 25.3 Å². The molecule has 118 valence electrons. The van der Waals surface area contributed by atoms with E-state index in [-0.39, 0.29) is 0 Å². The highest BCUT2D eigenvalue weighted by Gasteiger charge is 2.17. The lowest BCUT2D eigenvalue weighted by Crippen LogP contribution is -2.13. The van der Waals surface area contributed by atoms with Gasteiger partial charge in [0.05, 0.1) is 0 Å². The van der Waals surface area contributed by atoms with Crippen LogP contribution >= 0.6 is 15.9 Å². The van der Waals surface area contributed by atoms with Gasteiger partial charge in [-0.05, 0) is 60.0 Å². The Hall–Kier alpha value is -1.29. The molecule has 0 amide bonds. The lowest BCUT2D eigenvalue weighted by atomic mass is 9.88. The van der Waals surface area contributed by atoms with Gasteiger partial charge in [-0.15, -0.1) is 0 Å². The zero-order valence-corrected chi connectivity index (χ0v) is 14.6. The summed E-state index contributed by atoms with van der Waals surface area (Å²) in [6.45, 7) is 4.07. The Kier molecular flexibility index (Phi) is 6.49. The van der Waals surface area contributed by atoms with E-state index in [0.717, 1.165) is 29.6 Å². The van der Waals surface area contributed by atoms with Crippen LogP contribution in [0.5, 0.6) is 0 Å². The minimum Gasteiger partial charge on any atom is -0.261 e. The smallest absolute Gasteiger partial charge is 0.145 e. The zero-order valence-electron chi connectivity index (χ0n) is 13.0. The number of aromatic nitrogens is 1. The molecule has 0 spiro atoms. The molecule has 1 aromatic heterocycles. The maximum atomic E-state index is 13.7. The van der Waals surface area contributed by atoms with Gasteiger partial charge in [-0.3, -0.25) is 9.98 Å². The summed E-state index contributed by atoms with van der Waals surface area (Å²) in [6, 6.07) is 3.76. The SMILES string of the molecule is C/C=C/C(F)c1ccc(CCC2C=NC(Br)=CCC2C)nc1. The Labute approximate surface area is 140 Å². The largest absolute Gasteiger partial charge is 0.261 e. The molecule has 0 radical (unpaired) electrons. The van der Waals surface area contributed by atoms with E-state index in [9.17, 15) is 4.39 Å². The van der Waals surface area contributed by atoms with Crippen LogP contribution in [-0.4, -0.2) is 11.2 Å². The molecule has 2 heterocycles. The van der Waals surface area contributed by atoms with Crippen molar-refractivity contribution in [3.05, 3.63) is 52.4 Å². The van der Waals surface area contributed by atoms with Crippen LogP contribution in [-0.2, 0) is 6.42 Å². The van der Waals surface area contributed by atoms with E-state index in [0.29, 0.717) is 17.4 Å². The fourth-order valence-electron chi connectivity index (χ4n) is 2.53. The number of pyridine rings is 1. The Morgan fingerprint density at radius 1 is 1.45 bits per heavy atom. The number of rotatable bonds is 5. The summed E-state index contributed by atoms with van der Waals surface area (Å²) in [7, 11) is 0. The Morgan fingerprint density at radius 2 is 2.27 bits per heavy atom. The molecule has 4 heteroatoms. The number of allylic oxidation sites excluding steroid dienone is 3. The van der Waals surface area contributed by atoms with Crippen molar-refractivity contribution in [2.75, 3.05) is 0 Å². The summed E-state index contributed by atoms with van der Waals surface area (Å²) in [5.74, 6) is 1.02. The molecule has 0 aromatic carbocycles. The number of hydrogen-bond acceptors (Lipinski definition) is 2. The van der Waals surface area contributed by atoms with E-state index in [1.165, 1.54) is 6.08 Å². The molecule has 2 rings (SSSR count). The van der Waals surface area contributed by atoms with Crippen LogP contribution in [0.1, 0.15) is 44.1 Å². The van der Waals surface area contributed by atoms with E-state index in [1.54, 1.807) is 12.3 Å². The minimum absolute atomic E-state index is 0.449. The normalized spacial score (nSPS) is 23.4. The molecule has 2 nitrogen and oxygen atoms in total. The molecule has 0 saturated heterocycles. The molecule has 1 aliphatic rings. The summed E-state index contributed by atoms with van der Waals surface area (Å²) in [4.78, 5) is 8.79. The van der Waals surface area contributed by atoms with E-state index < -0.39 is 6.17 Å². The second kappa shape index (κ2) is 8.37. The van der Waals surface area contributed by atoms with Gasteiger partial charge >= 0.3 is 0 Å². The van der Waals surface area contributed by atoms with Gasteiger partial charge in [-0.1, -0.05) is 31.2 Å². The van der Waals surface area contributed by atoms with Gasteiger partial charge in [0.1, 0.15) is 10.8 Å². The van der Waals surface area contributed by atoms with Gasteiger partial charge in [-0.25, -0.2) is 4.39 Å². The standard InChI is InChI=1S/C18H22BrFN2/c1-3-4-17(20)15-7-9-16(21-12-15)8-6-14-11-22-18(19)10-5-13(14)2/h3-4,7,9-14,17H,5-6,8H2,1-2H3/b4-3+. The number of aliphatic imine (C=N–C) groups is 1. The lowest BCUT2D eigenvalue weighted by molar-refractivity contribution is 0.412. The van der Waals surface area contributed by atoms with Crippen LogP contribution in [0.15, 0.2) is 46.2 Å². The van der Waals surface area contributed by atoms with Crippen LogP contribution in [0.3, 0.4) is 0 Å². The van der Waals surface area contributed by atoms with Crippen molar-refractivity contribution >= 4 is 22.1 Å². The van der Waals surface area contributed by atoms with Crippen molar-refractivity contribution in [3.8, 4) is 0 Å². The average molecular weight is 365 g/mol. The molecule has 0 saturated carbocycles. The monoisotopic (exact) mass is 364 g/mol. The number of nitrogens with zero attached hydrogens (tertiary/aromatic N) is 2. The van der Waals surface area contributed by atoms with Gasteiger partial charge in [0.15, 0.2) is 0 Å². The molecule has 0 fully saturated rings. The fourth-order valence-corrected chi connectivity index (χ4v) is 2.83. The second-order valence-corrected chi connectivity index (χ2v) is 6.54. The van der Waals surface area contributed by atoms with Crippen molar-refractivity contribution in [1.82, 2.24) is 4.98 Å². The number of alkyl halides is 1. The van der Waals surface area contributed by atoms with Crippen LogP contribution in [0.4, 0.5) is 4.39 Å². The van der Waals surface area contributed by atoms with E-state index in [4.69, 9.17) is 0 Å². The van der Waals surface area contributed by atoms with Gasteiger partial charge in [0.2, 0.25) is 0 Å². The summed E-state index contributed by atoms with van der Waals surface area (Å²) in [5, 5.41) is 0. The van der Waals surface area contributed by atoms with Crippen molar-refractivity contribution in [3.63, 3.8) is 0 Å². The molecular formula is C18H22BrFN2. The highest BCUT2D eigenvalue weighted by molar-refractivity contribution is 9.11. The Balaban J connectivity index is 1.93. The van der Waals surface area contributed by atoms with Crippen molar-refractivity contribution < 1.29 is 4.39 Å². The first-order chi connectivity index (χ1) is 10.6. The quantitative estimate of drug-likeness (QED) is 0.495. The van der Waals surface area contributed by atoms with Crippen LogP contribution in [0.25, 0.3) is 0 Å². The topological polar surface area (TPSA) is 25.2 Å². The molecule has 0 N–H and O–H groups in total. The maximum Gasteiger partial charge on any atom is 0.145 e. The molecular weight excluding hydrogens is 343 g/mol. The lowest BCUT2D eigenvalue weighted by Gasteiger charge is -2.17. The third-order valence-electron chi connectivity index (χ3n) is 4.04. The molecule has 0 aliphatic carbocycles. The van der Waals surface area contributed by atoms with Crippen molar-refractivity contribution in [1.29, 1.82) is 0 Å². The van der Waals surface area contributed by atoms with E-state index >= 15 is 0 Å². The van der Waals surface area contributed by atoms with Crippen molar-refractivity contribution in [2.45, 2.75) is 39.3 Å². The van der Waals surface area contributed by atoms with Gasteiger partial charge in [0, 0.05) is 23.7 Å². The summed E-state index contributed by atoms with van der Waals surface area (Å²) < 4.78 is 14.6. The molecule has 3 unspecified atom stereocenters. The average Bonchev–Trinajstić information content (AvgIpc) is 2.68. The fraction of sp³-hybridized carbons (Fsp3) is 0.444. The Morgan fingerprint density at radius 3 is 2.95 bits per heavy atom. The van der Waals surface area contributed by atoms with Crippen molar-refractivity contribution in [2.24, 2.45) is 16.8 Å². The molecule has 1 aliphatic heterocycles. The zero-order chi connectivity index (χ0) is 15.9. The van der Waals surface area contributed by atoms with Crippen LogP contribution < -0.4 is 0 Å². The number of hydrogen-bond donors (Lipinski definition) is 0. The Bertz CT molecular complexity index is 563. The van der Waals surface area contributed by atoms with E-state index in [2.05, 4.69) is 38.9 Å². The van der Waals surface area contributed by atoms with Gasteiger partial charge in [0.25, 0.3) is 0 Å². The second-order valence-electron chi connectivity index (χ2n) is 5.73. The predicted molar refractivity (Wildman–Crippen MR) is 94.0 cm³/mol. The first-order valence-corrected chi connectivity index (χ1v) is 8.51. The number of aryl methyl sites for hydroxylation is 1. The third-order valence-corrected chi connectivity index (χ3v) is 4.57. The summed E-state index contributed by atoms with van der Waals surface area (Å²) in [5.41, 5.74) is 1.62. The van der Waals surface area contributed by atoms with Gasteiger partial charge < -0.3 is 0 Å². The summed E-state index contributed by atoms with van der Waals surface area (Å²) in [6.07, 6.45) is 10.9. The molecule has 22 heavy (non-hydrogen) atoms. The summed E-state index contributed by atoms with van der Waals surface area (Å²) >= 11 is 3.43. The first-order valence-electron chi connectivity index (χ1n) is 7.71. The van der Waals surface area contributed by atoms with Crippen LogP contribution in [0, 0.1) is 11.8 Å². The molecule has 3 atom stereocenters. The number of halogens is 2. The molecule has 1 aromatic rings. The predicted octanol–water partition coefficient (Wildman–Crippen LogP) is 5.56. The highest BCUT2D eigenvalue weighted by Crippen LogP contribution is 2.25. The highest BCUT2D eigenvalue weighted by atomic mass is 79.9. The first kappa shape index (κ1) is 17.1. The van der Waals surface area contributed by atoms with Crippen LogP contribution in [0.2, 0.25) is 0 Å². The molecule has 0 bridgehead atoms. The third kappa shape index (κ3) is 4.87. The minimum atomic E-state index is -1.07. The maximum absolute atomic E-state index is 13.7. The van der Waals surface area contributed by atoms with Gasteiger partial charge in [-0.2, -0.15) is 0 Å².